The Hall–Kier alpha value is -2.38. The van der Waals surface area contributed by atoms with Crippen molar-refractivity contribution >= 4 is 22.0 Å². The summed E-state index contributed by atoms with van der Waals surface area (Å²) in [6.07, 6.45) is 7.22. The second-order valence-electron chi connectivity index (χ2n) is 6.81. The highest BCUT2D eigenvalue weighted by Gasteiger charge is 2.20. The zero-order valence-electron chi connectivity index (χ0n) is 15.5. The van der Waals surface area contributed by atoms with Gasteiger partial charge in [-0.1, -0.05) is 24.3 Å². The number of fused-ring (bicyclic) bond motifs is 1. The molecule has 0 saturated heterocycles. The Labute approximate surface area is 159 Å². The minimum atomic E-state index is -3.27. The van der Waals surface area contributed by atoms with Crippen molar-refractivity contribution in [3.8, 4) is 0 Å². The standard InChI is InChI=1S/C20H24N2O4S/c1-22(27(2,24)25)14-17-11-10-16(26-17)12-13-20(23)21-19-9-5-7-15-6-3-4-8-18(15)19/h3-4,6,8,10-13,19H,5,7,9,14H2,1-2H3,(H,21,23)/b13-12+/t19-/m1/s1. The van der Waals surface area contributed by atoms with Crippen LogP contribution in [-0.4, -0.2) is 31.9 Å². The first-order valence-electron chi connectivity index (χ1n) is 8.89. The smallest absolute Gasteiger partial charge is 0.244 e. The van der Waals surface area contributed by atoms with Gasteiger partial charge in [-0.15, -0.1) is 0 Å². The lowest BCUT2D eigenvalue weighted by Crippen LogP contribution is -2.29. The van der Waals surface area contributed by atoms with E-state index in [0.717, 1.165) is 25.5 Å². The Bertz CT molecular complexity index is 946. The van der Waals surface area contributed by atoms with Gasteiger partial charge in [0.05, 0.1) is 18.8 Å². The van der Waals surface area contributed by atoms with Crippen LogP contribution in [-0.2, 0) is 27.8 Å². The molecule has 0 unspecified atom stereocenters. The maximum atomic E-state index is 12.3. The van der Waals surface area contributed by atoms with Crippen molar-refractivity contribution in [2.45, 2.75) is 31.8 Å². The van der Waals surface area contributed by atoms with Crippen LogP contribution < -0.4 is 5.32 Å². The van der Waals surface area contributed by atoms with E-state index in [1.807, 2.05) is 12.1 Å². The lowest BCUT2D eigenvalue weighted by Gasteiger charge is -2.25. The fourth-order valence-electron chi connectivity index (χ4n) is 3.19. The molecule has 2 aromatic rings. The van der Waals surface area contributed by atoms with Gasteiger partial charge in [-0.3, -0.25) is 4.79 Å². The van der Waals surface area contributed by atoms with Gasteiger partial charge in [-0.05, 0) is 48.6 Å². The highest BCUT2D eigenvalue weighted by molar-refractivity contribution is 7.88. The lowest BCUT2D eigenvalue weighted by molar-refractivity contribution is -0.117. The van der Waals surface area contributed by atoms with Crippen LogP contribution in [0.4, 0.5) is 0 Å². The molecule has 3 rings (SSSR count). The number of hydrogen-bond donors (Lipinski definition) is 1. The minimum Gasteiger partial charge on any atom is -0.460 e. The van der Waals surface area contributed by atoms with Crippen LogP contribution in [0.25, 0.3) is 6.08 Å². The number of nitrogens with zero attached hydrogens (tertiary/aromatic N) is 1. The molecule has 1 aliphatic carbocycles. The van der Waals surface area contributed by atoms with E-state index in [1.54, 1.807) is 18.2 Å². The predicted octanol–water partition coefficient (Wildman–Crippen LogP) is 2.88. The van der Waals surface area contributed by atoms with Crippen LogP contribution in [0.5, 0.6) is 0 Å². The molecule has 0 bridgehead atoms. The van der Waals surface area contributed by atoms with Crippen molar-refractivity contribution in [3.05, 3.63) is 65.1 Å². The van der Waals surface area contributed by atoms with Crippen LogP contribution >= 0.6 is 0 Å². The lowest BCUT2D eigenvalue weighted by atomic mass is 9.88. The molecular weight excluding hydrogens is 364 g/mol. The largest absolute Gasteiger partial charge is 0.460 e. The van der Waals surface area contributed by atoms with Gasteiger partial charge in [-0.2, -0.15) is 4.31 Å². The molecule has 27 heavy (non-hydrogen) atoms. The molecule has 1 amide bonds. The molecule has 0 saturated carbocycles. The summed E-state index contributed by atoms with van der Waals surface area (Å²) in [7, 11) is -1.78. The summed E-state index contributed by atoms with van der Waals surface area (Å²) in [6.45, 7) is 0.151. The Kier molecular flexibility index (Phi) is 5.82. The molecule has 6 nitrogen and oxygen atoms in total. The normalized spacial score (nSPS) is 17.2. The van der Waals surface area contributed by atoms with Gasteiger partial charge >= 0.3 is 0 Å². The average molecular weight is 388 g/mol. The van der Waals surface area contributed by atoms with E-state index in [-0.39, 0.29) is 18.5 Å². The van der Waals surface area contributed by atoms with Crippen molar-refractivity contribution in [2.75, 3.05) is 13.3 Å². The first-order valence-corrected chi connectivity index (χ1v) is 10.7. The Morgan fingerprint density at radius 2 is 2.07 bits per heavy atom. The van der Waals surface area contributed by atoms with E-state index in [0.29, 0.717) is 11.5 Å². The van der Waals surface area contributed by atoms with E-state index < -0.39 is 10.0 Å². The van der Waals surface area contributed by atoms with E-state index in [9.17, 15) is 13.2 Å². The predicted molar refractivity (Wildman–Crippen MR) is 104 cm³/mol. The van der Waals surface area contributed by atoms with E-state index in [1.165, 1.54) is 28.6 Å². The van der Waals surface area contributed by atoms with Crippen LogP contribution in [0.1, 0.15) is 41.5 Å². The number of rotatable bonds is 6. The summed E-state index contributed by atoms with van der Waals surface area (Å²) in [5.41, 5.74) is 2.48. The summed E-state index contributed by atoms with van der Waals surface area (Å²) >= 11 is 0. The average Bonchev–Trinajstić information content (AvgIpc) is 3.07. The van der Waals surface area contributed by atoms with Gasteiger partial charge in [-0.25, -0.2) is 8.42 Å². The van der Waals surface area contributed by atoms with Gasteiger partial charge in [0.25, 0.3) is 0 Å². The molecule has 1 aromatic heterocycles. The molecule has 0 radical (unpaired) electrons. The first kappa shape index (κ1) is 19.4. The Morgan fingerprint density at radius 1 is 1.30 bits per heavy atom. The monoisotopic (exact) mass is 388 g/mol. The van der Waals surface area contributed by atoms with Crippen LogP contribution in [0.2, 0.25) is 0 Å². The topological polar surface area (TPSA) is 79.6 Å². The van der Waals surface area contributed by atoms with Crippen molar-refractivity contribution in [1.82, 2.24) is 9.62 Å². The van der Waals surface area contributed by atoms with E-state index in [4.69, 9.17) is 4.42 Å². The third kappa shape index (κ3) is 5.08. The second kappa shape index (κ2) is 8.10. The quantitative estimate of drug-likeness (QED) is 0.772. The molecule has 0 aliphatic heterocycles. The van der Waals surface area contributed by atoms with Crippen molar-refractivity contribution in [2.24, 2.45) is 0 Å². The molecule has 1 heterocycles. The Morgan fingerprint density at radius 3 is 2.85 bits per heavy atom. The number of sulfonamides is 1. The molecule has 1 N–H and O–H groups in total. The molecule has 0 spiro atoms. The van der Waals surface area contributed by atoms with Gasteiger partial charge in [0.15, 0.2) is 0 Å². The summed E-state index contributed by atoms with van der Waals surface area (Å²) in [6, 6.07) is 11.7. The number of carbonyl (C=O) groups excluding carboxylic acids is 1. The van der Waals surface area contributed by atoms with Crippen LogP contribution in [0, 0.1) is 0 Å². The number of nitrogens with one attached hydrogen (secondary N) is 1. The zero-order valence-corrected chi connectivity index (χ0v) is 16.3. The fraction of sp³-hybridized carbons (Fsp3) is 0.350. The SMILES string of the molecule is CN(Cc1ccc(/C=C/C(=O)N[C@@H]2CCCc3ccccc32)o1)S(C)(=O)=O. The molecular formula is C20H24N2O4S. The molecule has 1 aromatic carbocycles. The van der Waals surface area contributed by atoms with Gasteiger partial charge in [0.1, 0.15) is 11.5 Å². The number of carbonyl (C=O) groups is 1. The number of benzene rings is 1. The van der Waals surface area contributed by atoms with Gasteiger partial charge < -0.3 is 9.73 Å². The highest BCUT2D eigenvalue weighted by Crippen LogP contribution is 2.29. The third-order valence-corrected chi connectivity index (χ3v) is 5.97. The molecule has 7 heteroatoms. The number of amides is 1. The van der Waals surface area contributed by atoms with Crippen LogP contribution in [0.15, 0.2) is 46.9 Å². The maximum Gasteiger partial charge on any atom is 0.244 e. The summed E-state index contributed by atoms with van der Waals surface area (Å²) in [5.74, 6) is 0.846. The number of hydrogen-bond acceptors (Lipinski definition) is 4. The summed E-state index contributed by atoms with van der Waals surface area (Å²) in [5, 5.41) is 3.05. The fourth-order valence-corrected chi connectivity index (χ4v) is 3.55. The van der Waals surface area contributed by atoms with E-state index >= 15 is 0 Å². The molecule has 1 atom stereocenters. The zero-order chi connectivity index (χ0) is 19.4. The molecule has 144 valence electrons. The molecule has 1 aliphatic rings. The highest BCUT2D eigenvalue weighted by atomic mass is 32.2. The van der Waals surface area contributed by atoms with Gasteiger partial charge in [0, 0.05) is 13.1 Å². The number of aryl methyl sites for hydroxylation is 1. The van der Waals surface area contributed by atoms with Crippen molar-refractivity contribution in [1.29, 1.82) is 0 Å². The number of furan rings is 1. The molecule has 0 fully saturated rings. The summed E-state index contributed by atoms with van der Waals surface area (Å²) < 4.78 is 29.7. The maximum absolute atomic E-state index is 12.3. The van der Waals surface area contributed by atoms with Crippen molar-refractivity contribution < 1.29 is 17.6 Å². The van der Waals surface area contributed by atoms with Gasteiger partial charge in [0.2, 0.25) is 15.9 Å². The third-order valence-electron chi connectivity index (χ3n) is 4.71. The second-order valence-corrected chi connectivity index (χ2v) is 8.90. The Balaban J connectivity index is 1.60. The summed E-state index contributed by atoms with van der Waals surface area (Å²) in [4.78, 5) is 12.3. The van der Waals surface area contributed by atoms with Crippen molar-refractivity contribution in [3.63, 3.8) is 0 Å². The van der Waals surface area contributed by atoms with E-state index in [2.05, 4.69) is 17.4 Å². The van der Waals surface area contributed by atoms with Crippen LogP contribution in [0.3, 0.4) is 0 Å². The minimum absolute atomic E-state index is 0.0303. The first-order chi connectivity index (χ1) is 12.8.